The largest absolute Gasteiger partial charge is 0.573 e. The van der Waals surface area contributed by atoms with Gasteiger partial charge in [0.15, 0.2) is 5.75 Å². The van der Waals surface area contributed by atoms with Gasteiger partial charge in [-0.05, 0) is 63.1 Å². The Morgan fingerprint density at radius 3 is 2.26 bits per heavy atom. The van der Waals surface area contributed by atoms with Gasteiger partial charge < -0.3 is 15.0 Å². The van der Waals surface area contributed by atoms with Gasteiger partial charge in [0.05, 0.1) is 28.6 Å². The van der Waals surface area contributed by atoms with Crippen molar-refractivity contribution in [3.63, 3.8) is 0 Å². The van der Waals surface area contributed by atoms with Gasteiger partial charge in [0.2, 0.25) is 0 Å². The maximum absolute atomic E-state index is 13.4. The number of hydrogen-bond acceptors (Lipinski definition) is 6. The number of benzene rings is 2. The summed E-state index contributed by atoms with van der Waals surface area (Å²) in [4.78, 5) is 42.9. The lowest BCUT2D eigenvalue weighted by atomic mass is 10.0. The molecule has 0 aromatic heterocycles. The highest BCUT2D eigenvalue weighted by Gasteiger charge is 2.39. The number of anilines is 2. The van der Waals surface area contributed by atoms with Gasteiger partial charge in [-0.15, -0.1) is 13.2 Å². The van der Waals surface area contributed by atoms with E-state index < -0.39 is 47.3 Å². The molecule has 9 nitrogen and oxygen atoms in total. The molecule has 15 heteroatoms. The van der Waals surface area contributed by atoms with E-state index in [4.69, 9.17) is 5.26 Å². The van der Waals surface area contributed by atoms with Crippen LogP contribution in [0, 0.1) is 11.3 Å². The van der Waals surface area contributed by atoms with E-state index in [0.29, 0.717) is 45.1 Å². The average molecular weight is 652 g/mol. The topological polar surface area (TPSA) is 106 Å². The van der Waals surface area contributed by atoms with Crippen molar-refractivity contribution in [3.05, 3.63) is 64.7 Å². The number of nitriles is 1. The smallest absolute Gasteiger partial charge is 0.404 e. The van der Waals surface area contributed by atoms with Crippen molar-refractivity contribution in [2.24, 2.45) is 0 Å². The normalized spacial score (nSPS) is 16.2. The van der Waals surface area contributed by atoms with E-state index in [-0.39, 0.29) is 22.5 Å². The highest BCUT2D eigenvalue weighted by Crippen LogP contribution is 2.37. The average Bonchev–Trinajstić information content (AvgIpc) is 3.21. The number of urea groups is 1. The summed E-state index contributed by atoms with van der Waals surface area (Å²) >= 11 is 0. The van der Waals surface area contributed by atoms with Crippen molar-refractivity contribution in [3.8, 4) is 11.8 Å². The Hall–Kier alpha value is -4.58. The van der Waals surface area contributed by atoms with Gasteiger partial charge in [-0.1, -0.05) is 25.0 Å². The first-order valence-corrected chi connectivity index (χ1v) is 14.5. The van der Waals surface area contributed by atoms with Crippen molar-refractivity contribution in [1.82, 2.24) is 9.80 Å². The number of para-hydroxylation sites is 2. The lowest BCUT2D eigenvalue weighted by Gasteiger charge is -2.34. The molecule has 1 fully saturated rings. The predicted molar refractivity (Wildman–Crippen MR) is 155 cm³/mol. The second kappa shape index (κ2) is 14.2. The fraction of sp³-hybridized carbons (Fsp3) is 0.419. The van der Waals surface area contributed by atoms with Crippen LogP contribution in [-0.2, 0) is 15.8 Å². The number of hydrogen-bond donors (Lipinski definition) is 1. The third-order valence-electron chi connectivity index (χ3n) is 7.79. The molecule has 0 spiro atoms. The van der Waals surface area contributed by atoms with Crippen molar-refractivity contribution in [1.29, 1.82) is 5.26 Å². The zero-order valence-corrected chi connectivity index (χ0v) is 24.8. The Balaban J connectivity index is 1.18. The van der Waals surface area contributed by atoms with Gasteiger partial charge >= 0.3 is 18.6 Å². The number of imide groups is 1. The highest BCUT2D eigenvalue weighted by molar-refractivity contribution is 6.32. The summed E-state index contributed by atoms with van der Waals surface area (Å²) in [6.45, 7) is 4.16. The molecular weight excluding hydrogens is 620 g/mol. The van der Waals surface area contributed by atoms with E-state index in [0.717, 1.165) is 48.9 Å². The summed E-state index contributed by atoms with van der Waals surface area (Å²) in [7, 11) is 0. The summed E-state index contributed by atoms with van der Waals surface area (Å²) in [5, 5.41) is 11.5. The third kappa shape index (κ3) is 8.36. The lowest BCUT2D eigenvalue weighted by molar-refractivity contribution is -0.274. The first-order valence-electron chi connectivity index (χ1n) is 14.5. The maximum Gasteiger partial charge on any atom is 0.573 e. The SMILES string of the molecule is CC1=C(CCCCCCN2CCN(C(=O)Nc3ccccc3OC(F)(F)F)CC2)C(=O)N(c2ccc(C#N)c(C(F)(F)F)c2)C1=O. The van der Waals surface area contributed by atoms with E-state index in [9.17, 15) is 40.7 Å². The van der Waals surface area contributed by atoms with E-state index in [1.165, 1.54) is 36.1 Å². The molecule has 0 unspecified atom stereocenters. The number of halogens is 6. The van der Waals surface area contributed by atoms with Gasteiger partial charge in [-0.25, -0.2) is 9.69 Å². The molecular formula is C31H31F6N5O4. The summed E-state index contributed by atoms with van der Waals surface area (Å²) in [5.41, 5.74) is -1.71. The zero-order valence-electron chi connectivity index (χ0n) is 24.8. The van der Waals surface area contributed by atoms with Crippen LogP contribution >= 0.6 is 0 Å². The van der Waals surface area contributed by atoms with Crippen LogP contribution in [0.3, 0.4) is 0 Å². The zero-order chi connectivity index (χ0) is 33.6. The van der Waals surface area contributed by atoms with E-state index in [1.807, 2.05) is 0 Å². The first-order chi connectivity index (χ1) is 21.7. The van der Waals surface area contributed by atoms with Crippen molar-refractivity contribution >= 4 is 29.2 Å². The van der Waals surface area contributed by atoms with E-state index >= 15 is 0 Å². The number of carbonyl (C=O) groups excluding carboxylic acids is 3. The van der Waals surface area contributed by atoms with Crippen LogP contribution in [0.15, 0.2) is 53.6 Å². The van der Waals surface area contributed by atoms with Gasteiger partial charge in [0, 0.05) is 37.3 Å². The molecule has 2 aliphatic rings. The molecule has 2 aromatic carbocycles. The molecule has 0 radical (unpaired) electrons. The number of nitrogens with zero attached hydrogens (tertiary/aromatic N) is 4. The molecule has 4 amide bonds. The molecule has 2 aliphatic heterocycles. The Morgan fingerprint density at radius 1 is 0.935 bits per heavy atom. The van der Waals surface area contributed by atoms with Gasteiger partial charge in [-0.2, -0.15) is 18.4 Å². The Morgan fingerprint density at radius 2 is 1.61 bits per heavy atom. The molecule has 4 rings (SSSR count). The monoisotopic (exact) mass is 651 g/mol. The van der Waals surface area contributed by atoms with Gasteiger partial charge in [-0.3, -0.25) is 14.5 Å². The Labute approximate surface area is 261 Å². The van der Waals surface area contributed by atoms with Crippen molar-refractivity contribution < 1.29 is 45.5 Å². The molecule has 2 aromatic rings. The molecule has 2 heterocycles. The number of carbonyl (C=O) groups is 3. The summed E-state index contributed by atoms with van der Waals surface area (Å²) < 4.78 is 82.2. The fourth-order valence-corrected chi connectivity index (χ4v) is 5.36. The number of alkyl halides is 6. The maximum atomic E-state index is 13.4. The summed E-state index contributed by atoms with van der Waals surface area (Å²) in [6, 6.07) is 8.98. The number of unbranched alkanes of at least 4 members (excludes halogenated alkanes) is 3. The molecule has 0 aliphatic carbocycles. The van der Waals surface area contributed by atoms with Crippen molar-refractivity contribution in [2.45, 2.75) is 51.6 Å². The number of piperazine rings is 1. The summed E-state index contributed by atoms with van der Waals surface area (Å²) in [6.07, 6.45) is -6.44. The molecule has 1 saturated heterocycles. The fourth-order valence-electron chi connectivity index (χ4n) is 5.36. The second-order valence-corrected chi connectivity index (χ2v) is 10.9. The minimum atomic E-state index is -4.89. The first kappa shape index (κ1) is 34.3. The minimum Gasteiger partial charge on any atom is -0.404 e. The van der Waals surface area contributed by atoms with Crippen LogP contribution < -0.4 is 15.0 Å². The highest BCUT2D eigenvalue weighted by atomic mass is 19.4. The predicted octanol–water partition coefficient (Wildman–Crippen LogP) is 6.47. The minimum absolute atomic E-state index is 0.0839. The second-order valence-electron chi connectivity index (χ2n) is 10.9. The van der Waals surface area contributed by atoms with Gasteiger partial charge in [0.25, 0.3) is 11.8 Å². The lowest BCUT2D eigenvalue weighted by Crippen LogP contribution is -2.50. The van der Waals surface area contributed by atoms with E-state index in [2.05, 4.69) is 15.0 Å². The molecule has 1 N–H and O–H groups in total. The Kier molecular flexibility index (Phi) is 10.6. The molecule has 0 bridgehead atoms. The van der Waals surface area contributed by atoms with Crippen molar-refractivity contribution in [2.75, 3.05) is 42.9 Å². The third-order valence-corrected chi connectivity index (χ3v) is 7.79. The van der Waals surface area contributed by atoms with Crippen LogP contribution in [0.4, 0.5) is 42.5 Å². The molecule has 0 atom stereocenters. The number of amides is 4. The summed E-state index contributed by atoms with van der Waals surface area (Å²) in [5.74, 6) is -1.86. The number of nitrogens with one attached hydrogen (secondary N) is 1. The molecule has 246 valence electrons. The van der Waals surface area contributed by atoms with Crippen LogP contribution in [0.5, 0.6) is 5.75 Å². The van der Waals surface area contributed by atoms with E-state index in [1.54, 1.807) is 0 Å². The van der Waals surface area contributed by atoms with Crippen LogP contribution in [0.2, 0.25) is 0 Å². The van der Waals surface area contributed by atoms with Crippen LogP contribution in [0.1, 0.15) is 50.2 Å². The number of rotatable bonds is 10. The Bertz CT molecular complexity index is 1540. The molecule has 46 heavy (non-hydrogen) atoms. The van der Waals surface area contributed by atoms with Crippen LogP contribution in [-0.4, -0.2) is 66.7 Å². The molecule has 0 saturated carbocycles. The van der Waals surface area contributed by atoms with Gasteiger partial charge in [0.1, 0.15) is 0 Å². The quantitative estimate of drug-likeness (QED) is 0.180. The van der Waals surface area contributed by atoms with Crippen LogP contribution in [0.25, 0.3) is 0 Å². The number of ether oxygens (including phenoxy) is 1. The standard InChI is InChI=1S/C31H31F6N5O4/c1-20-23(28(44)42(27(20)43)22-12-11-21(19-38)24(18-22)30(32,33)34)8-4-2-3-7-13-40-14-16-41(17-15-40)29(45)39-25-9-5-6-10-26(25)46-31(35,36)37/h5-6,9-12,18H,2-4,7-8,13-17H2,1H3,(H,39,45).